The minimum absolute atomic E-state index is 0.00873. The zero-order chi connectivity index (χ0) is 28.6. The van der Waals surface area contributed by atoms with E-state index < -0.39 is 39.1 Å². The predicted octanol–water partition coefficient (Wildman–Crippen LogP) is 5.65. The molecule has 1 aromatic heterocycles. The highest BCUT2D eigenvalue weighted by Gasteiger charge is 2.44. The van der Waals surface area contributed by atoms with E-state index in [-0.39, 0.29) is 34.0 Å². The standard InChI is InChI=1S/C28H18N4O8/c1-17-7-9-19(10-8-17)30-27(34)23(26(33)29(28(30)35)18-5-3-2-4-6-18)16-21-12-14-25(40-21)22-13-11-20(31(36)37)15-24(22)32(38)39/h2-16H,1H3/b23-16+. The first-order chi connectivity index (χ1) is 19.2. The number of imide groups is 2. The molecule has 198 valence electrons. The smallest absolute Gasteiger partial charge is 0.343 e. The number of nitrogens with zero attached hydrogens (tertiary/aromatic N) is 4. The number of amides is 4. The fraction of sp³-hybridized carbons (Fsp3) is 0.0357. The van der Waals surface area contributed by atoms with Crippen LogP contribution in [0.5, 0.6) is 0 Å². The summed E-state index contributed by atoms with van der Waals surface area (Å²) in [7, 11) is 0. The van der Waals surface area contributed by atoms with E-state index in [9.17, 15) is 34.6 Å². The Bertz CT molecular complexity index is 1720. The second-order valence-corrected chi connectivity index (χ2v) is 8.71. The van der Waals surface area contributed by atoms with Crippen molar-refractivity contribution in [3.8, 4) is 11.3 Å². The molecule has 1 fully saturated rings. The first-order valence-electron chi connectivity index (χ1n) is 11.7. The quantitative estimate of drug-likeness (QED) is 0.132. The Balaban J connectivity index is 1.59. The van der Waals surface area contributed by atoms with Crippen LogP contribution in [0.4, 0.5) is 27.5 Å². The number of nitro groups is 2. The molecule has 1 saturated heterocycles. The molecule has 3 aromatic carbocycles. The van der Waals surface area contributed by atoms with Gasteiger partial charge < -0.3 is 4.42 Å². The molecule has 4 amide bonds. The molecule has 0 bridgehead atoms. The SMILES string of the molecule is Cc1ccc(N2C(=O)/C(=C/c3ccc(-c4ccc([N+](=O)[O-])cc4[N+](=O)[O-])o3)C(=O)N(c3ccccc3)C2=O)cc1. The average Bonchev–Trinajstić information content (AvgIpc) is 3.41. The van der Waals surface area contributed by atoms with Gasteiger partial charge in [0, 0.05) is 6.07 Å². The third-order valence-corrected chi connectivity index (χ3v) is 6.12. The number of hydrogen-bond donors (Lipinski definition) is 0. The Labute approximate surface area is 225 Å². The van der Waals surface area contributed by atoms with E-state index in [0.29, 0.717) is 0 Å². The zero-order valence-electron chi connectivity index (χ0n) is 20.7. The van der Waals surface area contributed by atoms with Gasteiger partial charge in [0.05, 0.1) is 32.9 Å². The molecule has 2 heterocycles. The molecule has 0 N–H and O–H groups in total. The van der Waals surface area contributed by atoms with Crippen LogP contribution in [0.1, 0.15) is 11.3 Å². The van der Waals surface area contributed by atoms with E-state index in [1.54, 1.807) is 54.6 Å². The van der Waals surface area contributed by atoms with E-state index in [4.69, 9.17) is 4.42 Å². The molecule has 4 aromatic rings. The number of anilines is 2. The normalized spacial score (nSPS) is 14.6. The Kier molecular flexibility index (Phi) is 6.49. The summed E-state index contributed by atoms with van der Waals surface area (Å²) >= 11 is 0. The van der Waals surface area contributed by atoms with Crippen molar-refractivity contribution in [1.29, 1.82) is 0 Å². The largest absolute Gasteiger partial charge is 0.456 e. The van der Waals surface area contributed by atoms with Gasteiger partial charge in [0.1, 0.15) is 17.1 Å². The zero-order valence-corrected chi connectivity index (χ0v) is 20.7. The van der Waals surface area contributed by atoms with Crippen LogP contribution in [-0.2, 0) is 9.59 Å². The Hall–Kier alpha value is -5.91. The third kappa shape index (κ3) is 4.60. The maximum Gasteiger partial charge on any atom is 0.343 e. The summed E-state index contributed by atoms with van der Waals surface area (Å²) in [6.45, 7) is 1.85. The minimum atomic E-state index is -0.885. The monoisotopic (exact) mass is 538 g/mol. The first kappa shape index (κ1) is 25.7. The van der Waals surface area contributed by atoms with Crippen LogP contribution in [0.3, 0.4) is 0 Å². The van der Waals surface area contributed by atoms with Crippen molar-refractivity contribution in [2.45, 2.75) is 6.92 Å². The molecule has 0 radical (unpaired) electrons. The number of carbonyl (C=O) groups excluding carboxylic acids is 3. The number of para-hydroxylation sites is 1. The molecular formula is C28H18N4O8. The van der Waals surface area contributed by atoms with Gasteiger partial charge in [-0.05, 0) is 55.5 Å². The summed E-state index contributed by atoms with van der Waals surface area (Å²) in [4.78, 5) is 63.3. The van der Waals surface area contributed by atoms with Gasteiger partial charge in [0.15, 0.2) is 0 Å². The van der Waals surface area contributed by atoms with Crippen molar-refractivity contribution in [3.63, 3.8) is 0 Å². The van der Waals surface area contributed by atoms with Gasteiger partial charge in [-0.1, -0.05) is 35.9 Å². The molecule has 0 atom stereocenters. The van der Waals surface area contributed by atoms with Gasteiger partial charge in [0.25, 0.3) is 23.2 Å². The van der Waals surface area contributed by atoms with Crippen LogP contribution in [0.25, 0.3) is 17.4 Å². The summed E-state index contributed by atoms with van der Waals surface area (Å²) in [5, 5.41) is 22.6. The van der Waals surface area contributed by atoms with E-state index in [1.165, 1.54) is 18.2 Å². The van der Waals surface area contributed by atoms with Crippen LogP contribution >= 0.6 is 0 Å². The lowest BCUT2D eigenvalue weighted by Crippen LogP contribution is -2.57. The summed E-state index contributed by atoms with van der Waals surface area (Å²) < 4.78 is 5.71. The number of furan rings is 1. The second kappa shape index (κ2) is 10.1. The van der Waals surface area contributed by atoms with Crippen LogP contribution in [0, 0.1) is 27.2 Å². The Morgan fingerprint density at radius 2 is 1.38 bits per heavy atom. The number of hydrogen-bond acceptors (Lipinski definition) is 8. The van der Waals surface area contributed by atoms with Crippen molar-refractivity contribution in [3.05, 3.63) is 122 Å². The van der Waals surface area contributed by atoms with Crippen LogP contribution in [0.15, 0.2) is 94.9 Å². The fourth-order valence-electron chi connectivity index (χ4n) is 4.17. The third-order valence-electron chi connectivity index (χ3n) is 6.12. The average molecular weight is 538 g/mol. The molecule has 1 aliphatic rings. The molecule has 12 heteroatoms. The molecule has 0 aliphatic carbocycles. The molecular weight excluding hydrogens is 520 g/mol. The van der Waals surface area contributed by atoms with Gasteiger partial charge in [-0.15, -0.1) is 0 Å². The predicted molar refractivity (Wildman–Crippen MR) is 143 cm³/mol. The Morgan fingerprint density at radius 1 is 0.750 bits per heavy atom. The number of nitro benzene ring substituents is 2. The molecule has 0 saturated carbocycles. The van der Waals surface area contributed by atoms with Crippen molar-refractivity contribution in [1.82, 2.24) is 0 Å². The lowest BCUT2D eigenvalue weighted by Gasteiger charge is -2.33. The maximum atomic E-state index is 13.5. The number of non-ortho nitro benzene ring substituents is 1. The number of rotatable bonds is 6. The summed E-state index contributed by atoms with van der Waals surface area (Å²) in [6, 6.07) is 19.7. The van der Waals surface area contributed by atoms with E-state index in [2.05, 4.69) is 0 Å². The van der Waals surface area contributed by atoms with E-state index >= 15 is 0 Å². The summed E-state index contributed by atoms with van der Waals surface area (Å²) in [5.41, 5.74) is -0.0530. The highest BCUT2D eigenvalue weighted by molar-refractivity contribution is 6.46. The van der Waals surface area contributed by atoms with Crippen LogP contribution < -0.4 is 9.80 Å². The fourth-order valence-corrected chi connectivity index (χ4v) is 4.17. The van der Waals surface area contributed by atoms with Gasteiger partial charge >= 0.3 is 6.03 Å². The number of carbonyl (C=O) groups is 3. The molecule has 0 unspecified atom stereocenters. The van der Waals surface area contributed by atoms with Gasteiger partial charge in [-0.3, -0.25) is 29.8 Å². The Morgan fingerprint density at radius 3 is 1.98 bits per heavy atom. The van der Waals surface area contributed by atoms with Crippen LogP contribution in [-0.4, -0.2) is 27.7 Å². The highest BCUT2D eigenvalue weighted by atomic mass is 16.6. The van der Waals surface area contributed by atoms with Gasteiger partial charge in [0.2, 0.25) is 0 Å². The van der Waals surface area contributed by atoms with Crippen molar-refractivity contribution >= 4 is 46.7 Å². The van der Waals surface area contributed by atoms with Crippen molar-refractivity contribution < 1.29 is 28.6 Å². The van der Waals surface area contributed by atoms with E-state index in [1.807, 2.05) is 6.92 Å². The van der Waals surface area contributed by atoms with Gasteiger partial charge in [-0.2, -0.15) is 0 Å². The molecule has 0 spiro atoms. The summed E-state index contributed by atoms with van der Waals surface area (Å²) in [6.07, 6.45) is 1.15. The number of urea groups is 1. The lowest BCUT2D eigenvalue weighted by molar-refractivity contribution is -0.393. The number of barbiturate groups is 1. The van der Waals surface area contributed by atoms with Crippen LogP contribution in [0.2, 0.25) is 0 Å². The first-order valence-corrected chi connectivity index (χ1v) is 11.7. The van der Waals surface area contributed by atoms with Crippen molar-refractivity contribution in [2.75, 3.05) is 9.80 Å². The number of benzene rings is 3. The van der Waals surface area contributed by atoms with Gasteiger partial charge in [-0.25, -0.2) is 14.6 Å². The maximum absolute atomic E-state index is 13.5. The highest BCUT2D eigenvalue weighted by Crippen LogP contribution is 2.35. The number of aryl methyl sites for hydroxylation is 1. The minimum Gasteiger partial charge on any atom is -0.456 e. The topological polar surface area (TPSA) is 157 Å². The van der Waals surface area contributed by atoms with E-state index in [0.717, 1.165) is 33.6 Å². The molecule has 5 rings (SSSR count). The van der Waals surface area contributed by atoms with Crippen molar-refractivity contribution in [2.24, 2.45) is 0 Å². The molecule has 1 aliphatic heterocycles. The summed E-state index contributed by atoms with van der Waals surface area (Å²) in [5.74, 6) is -1.80. The molecule has 40 heavy (non-hydrogen) atoms. The second-order valence-electron chi connectivity index (χ2n) is 8.71. The molecule has 12 nitrogen and oxygen atoms in total. The lowest BCUT2D eigenvalue weighted by atomic mass is 10.1.